The van der Waals surface area contributed by atoms with Crippen LogP contribution in [0.2, 0.25) is 0 Å². The first-order valence-electron chi connectivity index (χ1n) is 2.07. The van der Waals surface area contributed by atoms with Crippen LogP contribution in [-0.2, 0) is 0 Å². The molecule has 0 atom stereocenters. The molecule has 0 aromatic carbocycles. The number of hydrogen-bond donors (Lipinski definition) is 0. The topological polar surface area (TPSA) is 12.9 Å². The average molecular weight is 223 g/mol. The molecule has 0 unspecified atom stereocenters. The zero-order valence-corrected chi connectivity index (χ0v) is 6.09. The predicted octanol–water partition coefficient (Wildman–Crippen LogP) is 1.83. The first-order chi connectivity index (χ1) is 3.79. The van der Waals surface area contributed by atoms with Crippen LogP contribution in [0.15, 0.2) is 18.2 Å². The summed E-state index contributed by atoms with van der Waals surface area (Å²) in [5, 5.41) is 0. The molecule has 0 N–H and O–H groups in total. The van der Waals surface area contributed by atoms with Crippen molar-refractivity contribution in [3.05, 3.63) is 27.8 Å². The summed E-state index contributed by atoms with van der Waals surface area (Å²) in [6.07, 6.45) is 0. The molecule has 0 saturated heterocycles. The molecule has 3 heteroatoms. The molecule has 1 nitrogen and oxygen atoms in total. The van der Waals surface area contributed by atoms with Crippen LogP contribution in [0.3, 0.4) is 0 Å². The van der Waals surface area contributed by atoms with Gasteiger partial charge in [0.1, 0.15) is 3.70 Å². The zero-order chi connectivity index (χ0) is 5.98. The molecule has 0 radical (unpaired) electrons. The van der Waals surface area contributed by atoms with E-state index in [9.17, 15) is 4.39 Å². The molecule has 0 aliphatic carbocycles. The maximum atomic E-state index is 12.1. The van der Waals surface area contributed by atoms with Crippen LogP contribution < -0.4 is 0 Å². The second-order valence-electron chi connectivity index (χ2n) is 1.28. The fraction of sp³-hybridized carbons (Fsp3) is 0. The Hall–Kier alpha value is -0.190. The molecular formula is C5H3FIN. The van der Waals surface area contributed by atoms with Crippen molar-refractivity contribution in [1.29, 1.82) is 0 Å². The Balaban J connectivity index is 3.08. The fourth-order valence-corrected chi connectivity index (χ4v) is 0.822. The third-order valence-electron chi connectivity index (χ3n) is 0.681. The summed E-state index contributed by atoms with van der Waals surface area (Å²) in [6, 6.07) is 4.69. The van der Waals surface area contributed by atoms with Gasteiger partial charge in [0.25, 0.3) is 0 Å². The molecule has 1 aromatic rings. The van der Waals surface area contributed by atoms with Gasteiger partial charge >= 0.3 is 0 Å². The van der Waals surface area contributed by atoms with Gasteiger partial charge in [0, 0.05) is 0 Å². The first kappa shape index (κ1) is 5.94. The zero-order valence-electron chi connectivity index (χ0n) is 3.94. The van der Waals surface area contributed by atoms with Gasteiger partial charge in [0.15, 0.2) is 0 Å². The van der Waals surface area contributed by atoms with Gasteiger partial charge in [0.2, 0.25) is 5.95 Å². The predicted molar refractivity (Wildman–Crippen MR) is 36.9 cm³/mol. The summed E-state index contributed by atoms with van der Waals surface area (Å²) >= 11 is 1.95. The van der Waals surface area contributed by atoms with Crippen molar-refractivity contribution < 1.29 is 4.39 Å². The summed E-state index contributed by atoms with van der Waals surface area (Å²) in [5.74, 6) is -0.420. The number of rotatable bonds is 0. The van der Waals surface area contributed by atoms with Crippen LogP contribution in [0.25, 0.3) is 0 Å². The van der Waals surface area contributed by atoms with Crippen molar-refractivity contribution in [2.75, 3.05) is 0 Å². The molecule has 1 heterocycles. The van der Waals surface area contributed by atoms with E-state index in [0.29, 0.717) is 3.70 Å². The maximum Gasteiger partial charge on any atom is 0.213 e. The average Bonchev–Trinajstić information content (AvgIpc) is 1.64. The molecule has 0 aliphatic heterocycles. The quantitative estimate of drug-likeness (QED) is 0.482. The van der Waals surface area contributed by atoms with Crippen molar-refractivity contribution in [2.45, 2.75) is 0 Å². The highest BCUT2D eigenvalue weighted by Gasteiger charge is 1.87. The Bertz CT molecular complexity index is 172. The first-order valence-corrected chi connectivity index (χ1v) is 3.15. The smallest absolute Gasteiger partial charge is 0.213 e. The van der Waals surface area contributed by atoms with Gasteiger partial charge in [0.05, 0.1) is 0 Å². The van der Waals surface area contributed by atoms with E-state index in [1.54, 1.807) is 12.1 Å². The SMILES string of the molecule is Fc1cccc(I)n1. The summed E-state index contributed by atoms with van der Waals surface area (Å²) in [7, 11) is 0. The van der Waals surface area contributed by atoms with E-state index in [1.165, 1.54) is 6.07 Å². The minimum Gasteiger partial charge on any atom is -0.214 e. The van der Waals surface area contributed by atoms with Crippen molar-refractivity contribution in [2.24, 2.45) is 0 Å². The summed E-state index contributed by atoms with van der Waals surface area (Å²) in [5.41, 5.74) is 0. The highest BCUT2D eigenvalue weighted by molar-refractivity contribution is 14.1. The van der Waals surface area contributed by atoms with Gasteiger partial charge in [-0.2, -0.15) is 4.39 Å². The molecular weight excluding hydrogens is 220 g/mol. The fourth-order valence-electron chi connectivity index (χ4n) is 0.383. The second-order valence-corrected chi connectivity index (χ2v) is 2.39. The lowest BCUT2D eigenvalue weighted by atomic mass is 10.5. The molecule has 8 heavy (non-hydrogen) atoms. The Morgan fingerprint density at radius 2 is 2.25 bits per heavy atom. The lowest BCUT2D eigenvalue weighted by molar-refractivity contribution is 0.580. The van der Waals surface area contributed by atoms with E-state index in [-0.39, 0.29) is 0 Å². The standard InChI is InChI=1S/C5H3FIN/c6-4-2-1-3-5(7)8-4/h1-3H. The van der Waals surface area contributed by atoms with Crippen LogP contribution in [0.5, 0.6) is 0 Å². The highest BCUT2D eigenvalue weighted by Crippen LogP contribution is 1.99. The Labute approximate surface area is 60.1 Å². The van der Waals surface area contributed by atoms with E-state index in [4.69, 9.17) is 0 Å². The van der Waals surface area contributed by atoms with E-state index in [0.717, 1.165) is 0 Å². The third-order valence-corrected chi connectivity index (χ3v) is 1.28. The Kier molecular flexibility index (Phi) is 1.77. The van der Waals surface area contributed by atoms with Crippen LogP contribution in [0.1, 0.15) is 0 Å². The monoisotopic (exact) mass is 223 g/mol. The van der Waals surface area contributed by atoms with Crippen LogP contribution >= 0.6 is 22.6 Å². The van der Waals surface area contributed by atoms with Crippen molar-refractivity contribution in [1.82, 2.24) is 4.98 Å². The van der Waals surface area contributed by atoms with Crippen molar-refractivity contribution in [3.63, 3.8) is 0 Å². The van der Waals surface area contributed by atoms with Crippen LogP contribution in [0, 0.1) is 9.65 Å². The van der Waals surface area contributed by atoms with E-state index >= 15 is 0 Å². The third kappa shape index (κ3) is 1.40. The van der Waals surface area contributed by atoms with Crippen molar-refractivity contribution in [3.8, 4) is 0 Å². The van der Waals surface area contributed by atoms with Crippen LogP contribution in [0.4, 0.5) is 4.39 Å². The van der Waals surface area contributed by atoms with Gasteiger partial charge in [-0.3, -0.25) is 0 Å². The lowest BCUT2D eigenvalue weighted by Gasteiger charge is -1.85. The molecule has 0 saturated carbocycles. The Morgan fingerprint density at radius 1 is 1.50 bits per heavy atom. The summed E-state index contributed by atoms with van der Waals surface area (Å²) in [4.78, 5) is 3.49. The van der Waals surface area contributed by atoms with Crippen LogP contribution in [-0.4, -0.2) is 4.98 Å². The molecule has 1 rings (SSSR count). The van der Waals surface area contributed by atoms with E-state index in [2.05, 4.69) is 4.98 Å². The van der Waals surface area contributed by atoms with E-state index < -0.39 is 5.95 Å². The minimum atomic E-state index is -0.420. The molecule has 0 fully saturated rings. The molecule has 0 amide bonds. The van der Waals surface area contributed by atoms with E-state index in [1.807, 2.05) is 22.6 Å². The molecule has 0 bridgehead atoms. The van der Waals surface area contributed by atoms with Crippen molar-refractivity contribution >= 4 is 22.6 Å². The van der Waals surface area contributed by atoms with Gasteiger partial charge in [-0.05, 0) is 34.7 Å². The number of aromatic nitrogens is 1. The molecule has 0 aliphatic rings. The number of pyridine rings is 1. The number of nitrogens with zero attached hydrogens (tertiary/aromatic N) is 1. The highest BCUT2D eigenvalue weighted by atomic mass is 127. The largest absolute Gasteiger partial charge is 0.214 e. The summed E-state index contributed by atoms with van der Waals surface area (Å²) < 4.78 is 12.7. The minimum absolute atomic E-state index is 0.420. The second kappa shape index (κ2) is 2.39. The lowest BCUT2D eigenvalue weighted by Crippen LogP contribution is -1.82. The normalized spacial score (nSPS) is 9.25. The van der Waals surface area contributed by atoms with Gasteiger partial charge in [-0.1, -0.05) is 6.07 Å². The maximum absolute atomic E-state index is 12.1. The Morgan fingerprint density at radius 3 is 2.62 bits per heavy atom. The number of hydrogen-bond acceptors (Lipinski definition) is 1. The molecule has 42 valence electrons. The van der Waals surface area contributed by atoms with Gasteiger partial charge in [-0.15, -0.1) is 0 Å². The van der Waals surface area contributed by atoms with Gasteiger partial charge < -0.3 is 0 Å². The molecule has 1 aromatic heterocycles. The van der Waals surface area contributed by atoms with Gasteiger partial charge in [-0.25, -0.2) is 4.98 Å². The summed E-state index contributed by atoms with van der Waals surface area (Å²) in [6.45, 7) is 0. The molecule has 0 spiro atoms. The number of halogens is 2.